The molecule has 0 aliphatic heterocycles. The van der Waals surface area contributed by atoms with Crippen molar-refractivity contribution in [3.63, 3.8) is 0 Å². The zero-order chi connectivity index (χ0) is 16.4. The van der Waals surface area contributed by atoms with Crippen LogP contribution in [0.5, 0.6) is 0 Å². The van der Waals surface area contributed by atoms with Crippen LogP contribution in [0.1, 0.15) is 39.7 Å². The van der Waals surface area contributed by atoms with Crippen LogP contribution < -0.4 is 10.5 Å². The van der Waals surface area contributed by atoms with Crippen molar-refractivity contribution in [3.05, 3.63) is 23.8 Å². The van der Waals surface area contributed by atoms with E-state index in [-0.39, 0.29) is 22.1 Å². The number of nitrogens with two attached hydrogens (primary N) is 1. The van der Waals surface area contributed by atoms with E-state index in [2.05, 4.69) is 26.1 Å². The second-order valence-electron chi connectivity index (χ2n) is 6.49. The Morgan fingerprint density at radius 3 is 2.38 bits per heavy atom. The Bertz CT molecular complexity index is 631. The maximum atomic E-state index is 12.1. The third-order valence-corrected chi connectivity index (χ3v) is 4.89. The molecule has 1 aromatic carbocycles. The molecule has 1 amide bonds. The average molecular weight is 312 g/mol. The fourth-order valence-corrected chi connectivity index (χ4v) is 2.65. The lowest BCUT2D eigenvalue weighted by atomic mass is 9.80. The summed E-state index contributed by atoms with van der Waals surface area (Å²) in [6, 6.07) is 4.66. The van der Waals surface area contributed by atoms with E-state index in [0.717, 1.165) is 0 Å². The van der Waals surface area contributed by atoms with E-state index in [4.69, 9.17) is 5.14 Å². The largest absolute Gasteiger partial charge is 0.326 e. The van der Waals surface area contributed by atoms with Crippen LogP contribution in [0.2, 0.25) is 0 Å². The van der Waals surface area contributed by atoms with Crippen LogP contribution in [-0.4, -0.2) is 14.3 Å². The van der Waals surface area contributed by atoms with Crippen molar-refractivity contribution in [3.8, 4) is 0 Å². The average Bonchev–Trinajstić information content (AvgIpc) is 2.28. The number of nitrogens with one attached hydrogen (secondary N) is 1. The molecule has 21 heavy (non-hydrogen) atoms. The molecule has 0 spiro atoms. The highest BCUT2D eigenvalue weighted by Crippen LogP contribution is 2.29. The monoisotopic (exact) mass is 312 g/mol. The van der Waals surface area contributed by atoms with Crippen LogP contribution in [0.3, 0.4) is 0 Å². The lowest BCUT2D eigenvalue weighted by molar-refractivity contribution is -0.117. The molecule has 118 valence electrons. The quantitative estimate of drug-likeness (QED) is 0.895. The van der Waals surface area contributed by atoms with Gasteiger partial charge < -0.3 is 5.32 Å². The van der Waals surface area contributed by atoms with Gasteiger partial charge in [0.2, 0.25) is 15.9 Å². The van der Waals surface area contributed by atoms with Gasteiger partial charge in [0.1, 0.15) is 0 Å². The molecule has 0 heterocycles. The highest BCUT2D eigenvalue weighted by molar-refractivity contribution is 7.89. The number of carbonyl (C=O) groups is 1. The number of benzene rings is 1. The zero-order valence-electron chi connectivity index (χ0n) is 13.2. The molecule has 1 unspecified atom stereocenters. The van der Waals surface area contributed by atoms with Crippen LogP contribution in [0.25, 0.3) is 0 Å². The smallest absolute Gasteiger partial charge is 0.238 e. The summed E-state index contributed by atoms with van der Waals surface area (Å²) < 4.78 is 22.9. The summed E-state index contributed by atoms with van der Waals surface area (Å²) in [4.78, 5) is 12.1. The van der Waals surface area contributed by atoms with Gasteiger partial charge in [-0.15, -0.1) is 0 Å². The Balaban J connectivity index is 2.93. The molecule has 0 saturated carbocycles. The molecule has 1 atom stereocenters. The van der Waals surface area contributed by atoms with Gasteiger partial charge in [0, 0.05) is 12.1 Å². The minimum absolute atomic E-state index is 0.0316. The van der Waals surface area contributed by atoms with Gasteiger partial charge in [0.15, 0.2) is 0 Å². The number of rotatable bonds is 4. The molecule has 0 bridgehead atoms. The van der Waals surface area contributed by atoms with Crippen LogP contribution in [0.4, 0.5) is 5.69 Å². The first-order valence-electron chi connectivity index (χ1n) is 6.85. The SMILES string of the molecule is Cc1c(NC(=O)CC(C)C(C)(C)C)cccc1S(N)(=O)=O. The second kappa shape index (κ2) is 6.15. The van der Waals surface area contributed by atoms with Gasteiger partial charge in [-0.1, -0.05) is 33.8 Å². The number of hydrogen-bond acceptors (Lipinski definition) is 3. The molecule has 0 saturated heterocycles. The molecule has 3 N–H and O–H groups in total. The van der Waals surface area contributed by atoms with Gasteiger partial charge in [-0.3, -0.25) is 4.79 Å². The van der Waals surface area contributed by atoms with Crippen molar-refractivity contribution < 1.29 is 13.2 Å². The molecule has 0 radical (unpaired) electrons. The fourth-order valence-electron chi connectivity index (χ4n) is 1.84. The first-order valence-corrected chi connectivity index (χ1v) is 8.40. The van der Waals surface area contributed by atoms with Gasteiger partial charge in [-0.05, 0) is 36.0 Å². The Labute approximate surface area is 127 Å². The first-order chi connectivity index (χ1) is 9.43. The number of hydrogen-bond donors (Lipinski definition) is 2. The summed E-state index contributed by atoms with van der Waals surface area (Å²) in [5.41, 5.74) is 0.971. The number of carbonyl (C=O) groups excluding carboxylic acids is 1. The maximum absolute atomic E-state index is 12.1. The van der Waals surface area contributed by atoms with E-state index in [1.807, 2.05) is 6.92 Å². The fraction of sp³-hybridized carbons (Fsp3) is 0.533. The van der Waals surface area contributed by atoms with Crippen molar-refractivity contribution in [2.24, 2.45) is 16.5 Å². The minimum atomic E-state index is -3.79. The topological polar surface area (TPSA) is 89.3 Å². The molecule has 0 fully saturated rings. The number of amides is 1. The third-order valence-electron chi connectivity index (χ3n) is 3.83. The summed E-state index contributed by atoms with van der Waals surface area (Å²) in [7, 11) is -3.79. The van der Waals surface area contributed by atoms with E-state index in [1.165, 1.54) is 6.07 Å². The summed E-state index contributed by atoms with van der Waals surface area (Å²) in [6.07, 6.45) is 0.378. The molecule has 6 heteroatoms. The molecule has 0 aliphatic rings. The Hall–Kier alpha value is -1.40. The molecule has 0 aliphatic carbocycles. The van der Waals surface area contributed by atoms with Crippen molar-refractivity contribution in [1.82, 2.24) is 0 Å². The van der Waals surface area contributed by atoms with Gasteiger partial charge in [-0.25, -0.2) is 13.6 Å². The Morgan fingerprint density at radius 2 is 1.90 bits per heavy atom. The van der Waals surface area contributed by atoms with Gasteiger partial charge in [-0.2, -0.15) is 0 Å². The van der Waals surface area contributed by atoms with E-state index in [1.54, 1.807) is 19.1 Å². The van der Waals surface area contributed by atoms with Gasteiger partial charge in [0.25, 0.3) is 0 Å². The number of anilines is 1. The Kier molecular flexibility index (Phi) is 5.17. The molecule has 5 nitrogen and oxygen atoms in total. The van der Waals surface area contributed by atoms with E-state index in [9.17, 15) is 13.2 Å². The summed E-state index contributed by atoms with van der Waals surface area (Å²) in [5.74, 6) is 0.0753. The van der Waals surface area contributed by atoms with E-state index < -0.39 is 10.0 Å². The van der Waals surface area contributed by atoms with Crippen LogP contribution in [-0.2, 0) is 14.8 Å². The van der Waals surface area contributed by atoms with Crippen LogP contribution >= 0.6 is 0 Å². The summed E-state index contributed by atoms with van der Waals surface area (Å²) in [5, 5.41) is 7.92. The standard InChI is InChI=1S/C15H24N2O3S/c1-10(15(3,4)5)9-14(18)17-12-7-6-8-13(11(12)2)21(16,19)20/h6-8,10H,9H2,1-5H3,(H,17,18)(H2,16,19,20). The lowest BCUT2D eigenvalue weighted by Crippen LogP contribution is -2.24. The lowest BCUT2D eigenvalue weighted by Gasteiger charge is -2.26. The predicted octanol–water partition coefficient (Wildman–Crippen LogP) is 2.65. The van der Waals surface area contributed by atoms with Gasteiger partial charge >= 0.3 is 0 Å². The van der Waals surface area contributed by atoms with Crippen molar-refractivity contribution in [2.75, 3.05) is 5.32 Å². The summed E-state index contributed by atoms with van der Waals surface area (Å²) in [6.45, 7) is 9.89. The molecular weight excluding hydrogens is 288 g/mol. The van der Waals surface area contributed by atoms with E-state index >= 15 is 0 Å². The number of primary sulfonamides is 1. The van der Waals surface area contributed by atoms with Crippen molar-refractivity contribution in [2.45, 2.75) is 45.9 Å². The minimum Gasteiger partial charge on any atom is -0.326 e. The molecule has 0 aromatic heterocycles. The van der Waals surface area contributed by atoms with E-state index in [0.29, 0.717) is 17.7 Å². The first kappa shape index (κ1) is 17.7. The van der Waals surface area contributed by atoms with Crippen molar-refractivity contribution in [1.29, 1.82) is 0 Å². The van der Waals surface area contributed by atoms with Crippen LogP contribution in [0.15, 0.2) is 23.1 Å². The third kappa shape index (κ3) is 4.82. The molecule has 1 aromatic rings. The predicted molar refractivity (Wildman–Crippen MR) is 84.4 cm³/mol. The Morgan fingerprint density at radius 1 is 1.33 bits per heavy atom. The number of sulfonamides is 1. The highest BCUT2D eigenvalue weighted by atomic mass is 32.2. The second-order valence-corrected chi connectivity index (χ2v) is 8.02. The van der Waals surface area contributed by atoms with Crippen LogP contribution in [0, 0.1) is 18.3 Å². The maximum Gasteiger partial charge on any atom is 0.238 e. The highest BCUT2D eigenvalue weighted by Gasteiger charge is 2.23. The molecular formula is C15H24N2O3S. The zero-order valence-corrected chi connectivity index (χ0v) is 14.0. The van der Waals surface area contributed by atoms with Gasteiger partial charge in [0.05, 0.1) is 4.90 Å². The van der Waals surface area contributed by atoms with Crippen molar-refractivity contribution >= 4 is 21.6 Å². The summed E-state index contributed by atoms with van der Waals surface area (Å²) >= 11 is 0. The molecule has 1 rings (SSSR count). The normalized spacial score (nSPS) is 13.8.